The van der Waals surface area contributed by atoms with E-state index in [0.717, 1.165) is 44.9 Å². The van der Waals surface area contributed by atoms with Crippen molar-refractivity contribution < 1.29 is 24.5 Å². The molecule has 0 bridgehead atoms. The zero-order valence-electron chi connectivity index (χ0n) is 51.5. The zero-order valence-corrected chi connectivity index (χ0v) is 51.5. The van der Waals surface area contributed by atoms with E-state index in [0.29, 0.717) is 25.9 Å². The number of aliphatic hydroxyl groups is 2. The molecule has 1 amide bonds. The second-order valence-corrected chi connectivity index (χ2v) is 23.9. The Hall–Kier alpha value is -1.66. The van der Waals surface area contributed by atoms with Crippen molar-refractivity contribution in [1.82, 2.24) is 5.32 Å². The summed E-state index contributed by atoms with van der Waals surface area (Å²) in [6.45, 7) is 4.97. The largest absolute Gasteiger partial charge is 0.466 e. The molecule has 0 fully saturated rings. The molecule has 76 heavy (non-hydrogen) atoms. The molecular formula is C70H135NO5. The maximum absolute atomic E-state index is 12.5. The standard InChI is InChI=1S/C70H135NO5/c1-3-5-7-9-11-13-15-17-18-19-32-35-39-42-46-50-54-58-62-68(73)67(66-72)71-69(74)63-59-55-51-47-43-40-36-33-30-28-26-24-22-20-21-23-25-27-29-31-34-37-41-45-49-53-57-61-65-76-70(75)64-60-56-52-48-44-38-16-14-12-10-8-6-4-2/h14,16,20-21,67-68,72-73H,3-13,15,17-19,22-66H2,1-2H3,(H,71,74)/b16-14-,21-20-. The molecule has 3 N–H and O–H groups in total. The Morgan fingerprint density at radius 3 is 0.947 bits per heavy atom. The minimum absolute atomic E-state index is 0.00714. The highest BCUT2D eigenvalue weighted by Crippen LogP contribution is 2.18. The number of rotatable bonds is 65. The molecule has 0 spiro atoms. The lowest BCUT2D eigenvalue weighted by molar-refractivity contribution is -0.143. The SMILES string of the molecule is CCCCCC/C=C\CCCCCCCC(=O)OCCCCCCCCCCCCCC/C=C\CCCCCCCCCCCCCCC(=O)NC(CO)C(O)CCCCCCCCCCCCCCCCCCCC. The van der Waals surface area contributed by atoms with Gasteiger partial charge in [0.15, 0.2) is 0 Å². The Morgan fingerprint density at radius 2 is 0.618 bits per heavy atom. The van der Waals surface area contributed by atoms with Crippen LogP contribution < -0.4 is 5.32 Å². The number of aliphatic hydroxyl groups excluding tert-OH is 2. The van der Waals surface area contributed by atoms with Crippen molar-refractivity contribution in [1.29, 1.82) is 0 Å². The van der Waals surface area contributed by atoms with Gasteiger partial charge < -0.3 is 20.3 Å². The molecule has 2 atom stereocenters. The van der Waals surface area contributed by atoms with Crippen molar-refractivity contribution in [3.05, 3.63) is 24.3 Å². The Morgan fingerprint density at radius 1 is 0.355 bits per heavy atom. The van der Waals surface area contributed by atoms with Crippen molar-refractivity contribution in [2.45, 2.75) is 398 Å². The number of hydrogen-bond donors (Lipinski definition) is 3. The second kappa shape index (κ2) is 65.9. The molecule has 0 saturated carbocycles. The third-order valence-corrected chi connectivity index (χ3v) is 16.2. The lowest BCUT2D eigenvalue weighted by atomic mass is 10.0. The van der Waals surface area contributed by atoms with Gasteiger partial charge in [0.05, 0.1) is 25.4 Å². The van der Waals surface area contributed by atoms with E-state index in [1.807, 2.05) is 0 Å². The van der Waals surface area contributed by atoms with Crippen LogP contribution in [0.4, 0.5) is 0 Å². The maximum atomic E-state index is 12.5. The van der Waals surface area contributed by atoms with E-state index in [1.54, 1.807) is 0 Å². The van der Waals surface area contributed by atoms with Gasteiger partial charge in [-0.2, -0.15) is 0 Å². The fourth-order valence-corrected chi connectivity index (χ4v) is 10.9. The molecule has 0 aromatic rings. The van der Waals surface area contributed by atoms with E-state index in [9.17, 15) is 19.8 Å². The molecule has 0 rings (SSSR count). The number of carbonyl (C=O) groups is 2. The quantitative estimate of drug-likeness (QED) is 0.0320. The molecular weight excluding hydrogens is 935 g/mol. The van der Waals surface area contributed by atoms with E-state index >= 15 is 0 Å². The molecule has 0 aromatic heterocycles. The average Bonchev–Trinajstić information content (AvgIpc) is 3.42. The highest BCUT2D eigenvalue weighted by molar-refractivity contribution is 5.76. The summed E-state index contributed by atoms with van der Waals surface area (Å²) in [5.74, 6) is -0.0242. The molecule has 0 aliphatic carbocycles. The summed E-state index contributed by atoms with van der Waals surface area (Å²) in [4.78, 5) is 24.6. The number of unbranched alkanes of at least 4 members (excludes halogenated alkanes) is 50. The van der Waals surface area contributed by atoms with Crippen LogP contribution in [0.3, 0.4) is 0 Å². The van der Waals surface area contributed by atoms with Gasteiger partial charge in [-0.15, -0.1) is 0 Å². The Balaban J connectivity index is 3.38. The number of nitrogens with one attached hydrogen (secondary N) is 1. The van der Waals surface area contributed by atoms with Crippen LogP contribution in [0.5, 0.6) is 0 Å². The van der Waals surface area contributed by atoms with E-state index in [1.165, 1.54) is 308 Å². The number of esters is 1. The molecule has 6 heteroatoms. The average molecular weight is 1070 g/mol. The number of carbonyl (C=O) groups excluding carboxylic acids is 2. The van der Waals surface area contributed by atoms with Crippen LogP contribution in [0.25, 0.3) is 0 Å². The van der Waals surface area contributed by atoms with E-state index in [-0.39, 0.29) is 18.5 Å². The lowest BCUT2D eigenvalue weighted by Crippen LogP contribution is -2.45. The van der Waals surface area contributed by atoms with E-state index in [4.69, 9.17) is 4.74 Å². The van der Waals surface area contributed by atoms with Crippen molar-refractivity contribution in [3.63, 3.8) is 0 Å². The van der Waals surface area contributed by atoms with Crippen molar-refractivity contribution in [3.8, 4) is 0 Å². The summed E-state index contributed by atoms with van der Waals surface area (Å²) in [6, 6.07) is -0.542. The summed E-state index contributed by atoms with van der Waals surface area (Å²) in [5, 5.41) is 23.4. The van der Waals surface area contributed by atoms with Crippen LogP contribution in [-0.2, 0) is 14.3 Å². The first-order valence-corrected chi connectivity index (χ1v) is 34.6. The van der Waals surface area contributed by atoms with Gasteiger partial charge in [-0.1, -0.05) is 321 Å². The number of hydrogen-bond acceptors (Lipinski definition) is 5. The third-order valence-electron chi connectivity index (χ3n) is 16.2. The normalized spacial score (nSPS) is 12.6. The van der Waals surface area contributed by atoms with E-state index in [2.05, 4.69) is 43.5 Å². The summed E-state index contributed by atoms with van der Waals surface area (Å²) < 4.78 is 5.48. The van der Waals surface area contributed by atoms with Gasteiger partial charge in [0.2, 0.25) is 5.91 Å². The fraction of sp³-hybridized carbons (Fsp3) is 0.914. The van der Waals surface area contributed by atoms with Crippen molar-refractivity contribution in [2.24, 2.45) is 0 Å². The summed E-state index contributed by atoms with van der Waals surface area (Å²) in [5.41, 5.74) is 0. The molecule has 2 unspecified atom stereocenters. The van der Waals surface area contributed by atoms with Crippen molar-refractivity contribution in [2.75, 3.05) is 13.2 Å². The fourth-order valence-electron chi connectivity index (χ4n) is 10.9. The second-order valence-electron chi connectivity index (χ2n) is 23.9. The first kappa shape index (κ1) is 74.3. The van der Waals surface area contributed by atoms with Gasteiger partial charge in [-0.05, 0) is 77.0 Å². The molecule has 6 nitrogen and oxygen atoms in total. The highest BCUT2D eigenvalue weighted by atomic mass is 16.5. The van der Waals surface area contributed by atoms with Crippen LogP contribution in [0.2, 0.25) is 0 Å². The third kappa shape index (κ3) is 61.6. The molecule has 0 radical (unpaired) electrons. The van der Waals surface area contributed by atoms with Gasteiger partial charge in [0.25, 0.3) is 0 Å². The van der Waals surface area contributed by atoms with Gasteiger partial charge >= 0.3 is 5.97 Å². The summed E-state index contributed by atoms with van der Waals surface area (Å²) in [6.07, 6.45) is 82.2. The number of allylic oxidation sites excluding steroid dienone is 4. The van der Waals surface area contributed by atoms with Crippen LogP contribution >= 0.6 is 0 Å². The molecule has 0 aliphatic rings. The first-order chi connectivity index (χ1) is 37.5. The van der Waals surface area contributed by atoms with Gasteiger partial charge in [0.1, 0.15) is 0 Å². The number of ether oxygens (including phenoxy) is 1. The van der Waals surface area contributed by atoms with Gasteiger partial charge in [-0.3, -0.25) is 9.59 Å². The molecule has 0 aromatic carbocycles. The summed E-state index contributed by atoms with van der Waals surface area (Å²) in [7, 11) is 0. The zero-order chi connectivity index (χ0) is 55.0. The topological polar surface area (TPSA) is 95.9 Å². The first-order valence-electron chi connectivity index (χ1n) is 34.6. The minimum atomic E-state index is -0.664. The predicted molar refractivity (Wildman–Crippen MR) is 333 cm³/mol. The molecule has 0 heterocycles. The monoisotopic (exact) mass is 1070 g/mol. The minimum Gasteiger partial charge on any atom is -0.466 e. The van der Waals surface area contributed by atoms with Crippen LogP contribution in [0.1, 0.15) is 386 Å². The molecule has 450 valence electrons. The predicted octanol–water partition coefficient (Wildman–Crippen LogP) is 22.1. The van der Waals surface area contributed by atoms with Crippen LogP contribution in [0, 0.1) is 0 Å². The Bertz CT molecular complexity index is 1190. The Labute approximate surface area is 475 Å². The lowest BCUT2D eigenvalue weighted by Gasteiger charge is -2.22. The van der Waals surface area contributed by atoms with E-state index < -0.39 is 12.1 Å². The maximum Gasteiger partial charge on any atom is 0.305 e. The van der Waals surface area contributed by atoms with Crippen LogP contribution in [-0.4, -0.2) is 47.4 Å². The molecule has 0 saturated heterocycles. The Kier molecular flexibility index (Phi) is 64.4. The smallest absolute Gasteiger partial charge is 0.305 e. The van der Waals surface area contributed by atoms with Gasteiger partial charge in [-0.25, -0.2) is 0 Å². The summed E-state index contributed by atoms with van der Waals surface area (Å²) >= 11 is 0. The van der Waals surface area contributed by atoms with Crippen molar-refractivity contribution >= 4 is 11.9 Å². The highest BCUT2D eigenvalue weighted by Gasteiger charge is 2.20. The van der Waals surface area contributed by atoms with Crippen LogP contribution in [0.15, 0.2) is 24.3 Å². The van der Waals surface area contributed by atoms with Gasteiger partial charge in [0, 0.05) is 12.8 Å². The number of amides is 1. The molecule has 0 aliphatic heterocycles.